The van der Waals surface area contributed by atoms with E-state index in [-0.39, 0.29) is 19.6 Å². The number of rotatable bonds is 6. The van der Waals surface area contributed by atoms with Crippen LogP contribution < -0.4 is 0 Å². The van der Waals surface area contributed by atoms with Crippen LogP contribution in [0.15, 0.2) is 0 Å². The highest BCUT2D eigenvalue weighted by Gasteiger charge is 2.37. The van der Waals surface area contributed by atoms with Crippen molar-refractivity contribution in [1.29, 1.82) is 0 Å². The maximum Gasteiger partial charge on any atom is 0.311 e. The molecule has 0 saturated carbocycles. The van der Waals surface area contributed by atoms with Gasteiger partial charge in [-0.25, -0.2) is 0 Å². The summed E-state index contributed by atoms with van der Waals surface area (Å²) >= 11 is 0. The van der Waals surface area contributed by atoms with Gasteiger partial charge in [-0.15, -0.1) is 0 Å². The molecular formula is C11H20O5. The van der Waals surface area contributed by atoms with Crippen molar-refractivity contribution in [2.24, 2.45) is 5.92 Å². The molecule has 0 aromatic carbocycles. The van der Waals surface area contributed by atoms with Gasteiger partial charge in [0.25, 0.3) is 0 Å². The van der Waals surface area contributed by atoms with E-state index in [4.69, 9.17) is 9.47 Å². The first-order valence-electron chi connectivity index (χ1n) is 5.39. The van der Waals surface area contributed by atoms with Gasteiger partial charge in [0.1, 0.15) is 0 Å². The summed E-state index contributed by atoms with van der Waals surface area (Å²) in [6.07, 6.45) is -0.221. The molecule has 0 saturated heterocycles. The minimum atomic E-state index is -1.45. The van der Waals surface area contributed by atoms with Gasteiger partial charge in [-0.1, -0.05) is 0 Å². The Kier molecular flexibility index (Phi) is 6.03. The maximum absolute atomic E-state index is 11.4. The second-order valence-electron chi connectivity index (χ2n) is 3.81. The van der Waals surface area contributed by atoms with Crippen LogP contribution in [0.2, 0.25) is 0 Å². The molecule has 0 aliphatic heterocycles. The Hall–Kier alpha value is -1.10. The molecule has 94 valence electrons. The van der Waals surface area contributed by atoms with Gasteiger partial charge in [-0.2, -0.15) is 0 Å². The third-order valence-corrected chi connectivity index (χ3v) is 2.38. The van der Waals surface area contributed by atoms with Crippen molar-refractivity contribution in [3.63, 3.8) is 0 Å². The van der Waals surface area contributed by atoms with Crippen LogP contribution in [0.1, 0.15) is 34.1 Å². The fourth-order valence-electron chi connectivity index (χ4n) is 1.18. The molecule has 0 aromatic rings. The minimum Gasteiger partial charge on any atom is -0.466 e. The normalized spacial score (nSPS) is 16.1. The zero-order chi connectivity index (χ0) is 12.8. The quantitative estimate of drug-likeness (QED) is 0.688. The van der Waals surface area contributed by atoms with E-state index in [9.17, 15) is 14.7 Å². The summed E-state index contributed by atoms with van der Waals surface area (Å²) in [6, 6.07) is 0. The predicted octanol–water partition coefficient (Wildman–Crippen LogP) is 0.890. The number of aliphatic hydroxyl groups is 1. The number of hydrogen-bond donors (Lipinski definition) is 1. The lowest BCUT2D eigenvalue weighted by molar-refractivity contribution is -0.161. The van der Waals surface area contributed by atoms with Gasteiger partial charge >= 0.3 is 11.9 Å². The summed E-state index contributed by atoms with van der Waals surface area (Å²) in [5.41, 5.74) is -1.45. The van der Waals surface area contributed by atoms with E-state index in [0.717, 1.165) is 0 Å². The van der Waals surface area contributed by atoms with Crippen molar-refractivity contribution in [3.8, 4) is 0 Å². The standard InChI is InChI=1S/C11H20O5/c1-5-15-9(12)7-11(4,14)8(3)10(13)16-6-2/h8,14H,5-7H2,1-4H3/t8-,11+/m1/s1. The summed E-state index contributed by atoms with van der Waals surface area (Å²) in [5.74, 6) is -1.81. The number of carbonyl (C=O) groups is 2. The van der Waals surface area contributed by atoms with Crippen molar-refractivity contribution in [2.45, 2.75) is 39.7 Å². The van der Waals surface area contributed by atoms with Gasteiger partial charge in [0.15, 0.2) is 0 Å². The molecule has 5 nitrogen and oxygen atoms in total. The maximum atomic E-state index is 11.4. The van der Waals surface area contributed by atoms with E-state index in [1.165, 1.54) is 13.8 Å². The summed E-state index contributed by atoms with van der Waals surface area (Å²) in [5, 5.41) is 9.98. The number of hydrogen-bond acceptors (Lipinski definition) is 5. The SMILES string of the molecule is CCOC(=O)C[C@](C)(O)[C@H](C)C(=O)OCC. The monoisotopic (exact) mass is 232 g/mol. The van der Waals surface area contributed by atoms with Gasteiger partial charge in [-0.3, -0.25) is 9.59 Å². The first-order valence-corrected chi connectivity index (χ1v) is 5.39. The van der Waals surface area contributed by atoms with Crippen LogP contribution in [0.4, 0.5) is 0 Å². The third-order valence-electron chi connectivity index (χ3n) is 2.38. The van der Waals surface area contributed by atoms with E-state index in [0.29, 0.717) is 0 Å². The van der Waals surface area contributed by atoms with Crippen LogP contribution in [0.25, 0.3) is 0 Å². The zero-order valence-electron chi connectivity index (χ0n) is 10.3. The fraction of sp³-hybridized carbons (Fsp3) is 0.818. The lowest BCUT2D eigenvalue weighted by Crippen LogP contribution is -2.41. The molecule has 0 spiro atoms. The third kappa shape index (κ3) is 4.61. The topological polar surface area (TPSA) is 72.8 Å². The second-order valence-corrected chi connectivity index (χ2v) is 3.81. The molecule has 5 heteroatoms. The van der Waals surface area contributed by atoms with E-state index in [2.05, 4.69) is 0 Å². The van der Waals surface area contributed by atoms with E-state index >= 15 is 0 Å². The summed E-state index contributed by atoms with van der Waals surface area (Å²) in [6.45, 7) is 6.82. The van der Waals surface area contributed by atoms with Gasteiger partial charge < -0.3 is 14.6 Å². The van der Waals surface area contributed by atoms with Crippen molar-refractivity contribution in [1.82, 2.24) is 0 Å². The number of esters is 2. The molecule has 0 heterocycles. The summed E-state index contributed by atoms with van der Waals surface area (Å²) < 4.78 is 9.50. The Morgan fingerprint density at radius 2 is 1.75 bits per heavy atom. The van der Waals surface area contributed by atoms with Crippen LogP contribution in [-0.4, -0.2) is 35.9 Å². The molecular weight excluding hydrogens is 212 g/mol. The Morgan fingerprint density at radius 3 is 2.19 bits per heavy atom. The van der Waals surface area contributed by atoms with Crippen LogP contribution in [0, 0.1) is 5.92 Å². The fourth-order valence-corrected chi connectivity index (χ4v) is 1.18. The first kappa shape index (κ1) is 14.9. The zero-order valence-corrected chi connectivity index (χ0v) is 10.3. The molecule has 0 rings (SSSR count). The van der Waals surface area contributed by atoms with Gasteiger partial charge in [-0.05, 0) is 27.7 Å². The molecule has 0 bridgehead atoms. The van der Waals surface area contributed by atoms with Crippen LogP contribution in [0.3, 0.4) is 0 Å². The van der Waals surface area contributed by atoms with Crippen molar-refractivity contribution < 1.29 is 24.2 Å². The van der Waals surface area contributed by atoms with E-state index < -0.39 is 23.5 Å². The van der Waals surface area contributed by atoms with Gasteiger partial charge in [0.05, 0.1) is 31.2 Å². The molecule has 0 fully saturated rings. The Labute approximate surface area is 95.7 Å². The molecule has 0 aliphatic rings. The minimum absolute atomic E-state index is 0.221. The van der Waals surface area contributed by atoms with Crippen LogP contribution >= 0.6 is 0 Å². The molecule has 2 atom stereocenters. The highest BCUT2D eigenvalue weighted by molar-refractivity contribution is 5.76. The second kappa shape index (κ2) is 6.48. The molecule has 0 aliphatic carbocycles. The Morgan fingerprint density at radius 1 is 1.25 bits per heavy atom. The number of carbonyl (C=O) groups excluding carboxylic acids is 2. The highest BCUT2D eigenvalue weighted by atomic mass is 16.5. The summed E-state index contributed by atoms with van der Waals surface area (Å²) in [4.78, 5) is 22.6. The van der Waals surface area contributed by atoms with Crippen LogP contribution in [-0.2, 0) is 19.1 Å². The van der Waals surface area contributed by atoms with E-state index in [1.54, 1.807) is 13.8 Å². The molecule has 1 N–H and O–H groups in total. The highest BCUT2D eigenvalue weighted by Crippen LogP contribution is 2.22. The average molecular weight is 232 g/mol. The smallest absolute Gasteiger partial charge is 0.311 e. The van der Waals surface area contributed by atoms with Crippen molar-refractivity contribution >= 4 is 11.9 Å². The van der Waals surface area contributed by atoms with Crippen LogP contribution in [0.5, 0.6) is 0 Å². The predicted molar refractivity (Wildman–Crippen MR) is 57.7 cm³/mol. The van der Waals surface area contributed by atoms with E-state index in [1.807, 2.05) is 0 Å². The summed E-state index contributed by atoms with van der Waals surface area (Å²) in [7, 11) is 0. The molecule has 0 radical (unpaired) electrons. The Balaban J connectivity index is 4.40. The lowest BCUT2D eigenvalue weighted by Gasteiger charge is -2.27. The van der Waals surface area contributed by atoms with Crippen molar-refractivity contribution in [3.05, 3.63) is 0 Å². The number of ether oxygens (including phenoxy) is 2. The van der Waals surface area contributed by atoms with Gasteiger partial charge in [0, 0.05) is 0 Å². The lowest BCUT2D eigenvalue weighted by atomic mass is 9.88. The average Bonchev–Trinajstić information content (AvgIpc) is 2.16. The first-order chi connectivity index (χ1) is 7.35. The molecule has 0 unspecified atom stereocenters. The van der Waals surface area contributed by atoms with Crippen molar-refractivity contribution in [2.75, 3.05) is 13.2 Å². The largest absolute Gasteiger partial charge is 0.466 e. The van der Waals surface area contributed by atoms with Gasteiger partial charge in [0.2, 0.25) is 0 Å². The molecule has 0 amide bonds. The Bertz CT molecular complexity index is 247. The molecule has 16 heavy (non-hydrogen) atoms. The molecule has 0 aromatic heterocycles.